The van der Waals surface area contributed by atoms with Crippen molar-refractivity contribution >= 4 is 22.2 Å². The molecule has 118 valence electrons. The lowest BCUT2D eigenvalue weighted by Crippen LogP contribution is -2.20. The molecule has 1 aliphatic rings. The summed E-state index contributed by atoms with van der Waals surface area (Å²) in [4.78, 5) is 13.7. The molecule has 0 saturated carbocycles. The van der Waals surface area contributed by atoms with Gasteiger partial charge in [-0.3, -0.25) is 4.79 Å². The van der Waals surface area contributed by atoms with E-state index in [9.17, 15) is 10.1 Å². The van der Waals surface area contributed by atoms with E-state index in [-0.39, 0.29) is 11.8 Å². The molecule has 1 atom stereocenters. The third kappa shape index (κ3) is 3.14. The predicted molar refractivity (Wildman–Crippen MR) is 90.5 cm³/mol. The van der Waals surface area contributed by atoms with Crippen molar-refractivity contribution in [2.45, 2.75) is 32.3 Å². The molecular weight excluding hydrogens is 308 g/mol. The first kappa shape index (κ1) is 15.7. The van der Waals surface area contributed by atoms with Gasteiger partial charge in [-0.25, -0.2) is 0 Å². The van der Waals surface area contributed by atoms with Gasteiger partial charge in [0.05, 0.1) is 24.7 Å². The maximum absolute atomic E-state index is 12.7. The van der Waals surface area contributed by atoms with Crippen LogP contribution < -0.4 is 5.32 Å². The van der Waals surface area contributed by atoms with Gasteiger partial charge in [0.2, 0.25) is 5.91 Å². The van der Waals surface area contributed by atoms with Crippen LogP contribution in [0.25, 0.3) is 0 Å². The first-order valence-corrected chi connectivity index (χ1v) is 8.54. The van der Waals surface area contributed by atoms with Gasteiger partial charge in [-0.05, 0) is 24.0 Å². The van der Waals surface area contributed by atoms with E-state index in [4.69, 9.17) is 4.74 Å². The number of nitriles is 1. The van der Waals surface area contributed by atoms with Crippen molar-refractivity contribution in [3.8, 4) is 6.07 Å². The number of anilines is 1. The molecule has 1 aromatic carbocycles. The SMILES string of the molecule is CCC(C(=O)Nc1sc2c(c1C#N)CCOC2)c1ccccc1. The van der Waals surface area contributed by atoms with Gasteiger partial charge in [0.1, 0.15) is 11.1 Å². The summed E-state index contributed by atoms with van der Waals surface area (Å²) in [7, 11) is 0. The van der Waals surface area contributed by atoms with E-state index in [0.29, 0.717) is 30.2 Å². The lowest BCUT2D eigenvalue weighted by Gasteiger charge is -2.14. The molecule has 0 spiro atoms. The molecular formula is C18H18N2O2S. The summed E-state index contributed by atoms with van der Waals surface area (Å²) in [6.45, 7) is 3.16. The normalized spacial score (nSPS) is 14.6. The minimum atomic E-state index is -0.210. The van der Waals surface area contributed by atoms with Gasteiger partial charge in [-0.1, -0.05) is 37.3 Å². The van der Waals surface area contributed by atoms with Gasteiger partial charge >= 0.3 is 0 Å². The van der Waals surface area contributed by atoms with Gasteiger partial charge in [-0.2, -0.15) is 5.26 Å². The number of amides is 1. The lowest BCUT2D eigenvalue weighted by atomic mass is 9.95. The van der Waals surface area contributed by atoms with Gasteiger partial charge in [0.15, 0.2) is 0 Å². The lowest BCUT2D eigenvalue weighted by molar-refractivity contribution is -0.117. The summed E-state index contributed by atoms with van der Waals surface area (Å²) in [6, 6.07) is 12.0. The molecule has 2 aromatic rings. The number of hydrogen-bond donors (Lipinski definition) is 1. The highest BCUT2D eigenvalue weighted by Crippen LogP contribution is 2.36. The number of ether oxygens (including phenoxy) is 1. The third-order valence-electron chi connectivity index (χ3n) is 4.10. The molecule has 1 N–H and O–H groups in total. The topological polar surface area (TPSA) is 62.1 Å². The largest absolute Gasteiger partial charge is 0.376 e. The van der Waals surface area contributed by atoms with E-state index < -0.39 is 0 Å². The second-order valence-corrected chi connectivity index (χ2v) is 6.59. The number of nitrogens with zero attached hydrogens (tertiary/aromatic N) is 1. The Kier molecular flexibility index (Phi) is 4.75. The number of nitrogens with one attached hydrogen (secondary N) is 1. The van der Waals surface area contributed by atoms with E-state index in [1.54, 1.807) is 0 Å². The summed E-state index contributed by atoms with van der Waals surface area (Å²) in [5.41, 5.74) is 2.63. The number of hydrogen-bond acceptors (Lipinski definition) is 4. The van der Waals surface area contributed by atoms with Crippen LogP contribution >= 0.6 is 11.3 Å². The van der Waals surface area contributed by atoms with E-state index in [2.05, 4.69) is 11.4 Å². The van der Waals surface area contributed by atoms with E-state index in [0.717, 1.165) is 22.4 Å². The maximum atomic E-state index is 12.7. The predicted octanol–water partition coefficient (Wildman–Crippen LogP) is 3.82. The molecule has 1 aliphatic heterocycles. The second kappa shape index (κ2) is 6.95. The highest BCUT2D eigenvalue weighted by atomic mass is 32.1. The molecule has 0 saturated heterocycles. The van der Waals surface area contributed by atoms with Crippen LogP contribution in [0.4, 0.5) is 5.00 Å². The Bertz CT molecular complexity index is 746. The van der Waals surface area contributed by atoms with Crippen molar-refractivity contribution in [3.63, 3.8) is 0 Å². The molecule has 1 aromatic heterocycles. The zero-order valence-electron chi connectivity index (χ0n) is 13.0. The summed E-state index contributed by atoms with van der Waals surface area (Å²) >= 11 is 1.46. The molecule has 1 amide bonds. The zero-order chi connectivity index (χ0) is 16.2. The highest BCUT2D eigenvalue weighted by Gasteiger charge is 2.25. The van der Waals surface area contributed by atoms with Gasteiger partial charge in [0, 0.05) is 4.88 Å². The van der Waals surface area contributed by atoms with Crippen molar-refractivity contribution in [1.29, 1.82) is 5.26 Å². The molecule has 2 heterocycles. The minimum absolute atomic E-state index is 0.0604. The van der Waals surface area contributed by atoms with Crippen molar-refractivity contribution in [2.75, 3.05) is 11.9 Å². The summed E-state index contributed by atoms with van der Waals surface area (Å²) < 4.78 is 5.44. The molecule has 0 bridgehead atoms. The smallest absolute Gasteiger partial charge is 0.232 e. The highest BCUT2D eigenvalue weighted by molar-refractivity contribution is 7.16. The Morgan fingerprint density at radius 2 is 2.22 bits per heavy atom. The van der Waals surface area contributed by atoms with E-state index >= 15 is 0 Å². The first-order chi connectivity index (χ1) is 11.2. The molecule has 4 nitrogen and oxygen atoms in total. The average Bonchev–Trinajstić information content (AvgIpc) is 2.93. The van der Waals surface area contributed by atoms with Crippen molar-refractivity contribution in [1.82, 2.24) is 0 Å². The van der Waals surface area contributed by atoms with Crippen LogP contribution in [0, 0.1) is 11.3 Å². The third-order valence-corrected chi connectivity index (χ3v) is 5.22. The Hall–Kier alpha value is -2.16. The number of rotatable bonds is 4. The first-order valence-electron chi connectivity index (χ1n) is 7.72. The van der Waals surface area contributed by atoms with Crippen LogP contribution in [-0.4, -0.2) is 12.5 Å². The Balaban J connectivity index is 1.85. The van der Waals surface area contributed by atoms with Crippen molar-refractivity contribution in [3.05, 3.63) is 51.9 Å². The fourth-order valence-corrected chi connectivity index (χ4v) is 4.03. The van der Waals surface area contributed by atoms with Crippen molar-refractivity contribution < 1.29 is 9.53 Å². The number of benzene rings is 1. The van der Waals surface area contributed by atoms with Crippen LogP contribution in [0.2, 0.25) is 0 Å². The summed E-state index contributed by atoms with van der Waals surface area (Å²) in [6.07, 6.45) is 1.45. The van der Waals surface area contributed by atoms with E-state index in [1.165, 1.54) is 11.3 Å². The summed E-state index contributed by atoms with van der Waals surface area (Å²) in [5, 5.41) is 13.1. The molecule has 23 heavy (non-hydrogen) atoms. The number of fused-ring (bicyclic) bond motifs is 1. The quantitative estimate of drug-likeness (QED) is 0.929. The number of carbonyl (C=O) groups excluding carboxylic acids is 1. The standard InChI is InChI=1S/C18H18N2O2S/c1-2-13(12-6-4-3-5-7-12)17(21)20-18-15(10-19)14-8-9-22-11-16(14)23-18/h3-7,13H,2,8-9,11H2,1H3,(H,20,21). The summed E-state index contributed by atoms with van der Waals surface area (Å²) in [5.74, 6) is -0.271. The monoisotopic (exact) mass is 326 g/mol. The zero-order valence-corrected chi connectivity index (χ0v) is 13.8. The van der Waals surface area contributed by atoms with Gasteiger partial charge in [-0.15, -0.1) is 11.3 Å². The van der Waals surface area contributed by atoms with Crippen LogP contribution in [-0.2, 0) is 22.6 Å². The van der Waals surface area contributed by atoms with Crippen LogP contribution in [0.5, 0.6) is 0 Å². The Morgan fingerprint density at radius 3 is 2.91 bits per heavy atom. The Labute approximate surface area is 139 Å². The molecule has 0 aliphatic carbocycles. The van der Waals surface area contributed by atoms with Gasteiger partial charge in [0.25, 0.3) is 0 Å². The fraction of sp³-hybridized carbons (Fsp3) is 0.333. The van der Waals surface area contributed by atoms with E-state index in [1.807, 2.05) is 37.3 Å². The Morgan fingerprint density at radius 1 is 1.43 bits per heavy atom. The molecule has 0 radical (unpaired) electrons. The molecule has 3 rings (SSSR count). The number of thiophene rings is 1. The maximum Gasteiger partial charge on any atom is 0.232 e. The molecule has 5 heteroatoms. The molecule has 0 fully saturated rings. The van der Waals surface area contributed by atoms with Crippen molar-refractivity contribution in [2.24, 2.45) is 0 Å². The average molecular weight is 326 g/mol. The van der Waals surface area contributed by atoms with Gasteiger partial charge < -0.3 is 10.1 Å². The van der Waals surface area contributed by atoms with Crippen LogP contribution in [0.15, 0.2) is 30.3 Å². The van der Waals surface area contributed by atoms with Crippen LogP contribution in [0.3, 0.4) is 0 Å². The number of carbonyl (C=O) groups is 1. The molecule has 1 unspecified atom stereocenters. The minimum Gasteiger partial charge on any atom is -0.376 e. The fourth-order valence-electron chi connectivity index (χ4n) is 2.90. The second-order valence-electron chi connectivity index (χ2n) is 5.48. The van der Waals surface area contributed by atoms with Crippen LogP contribution in [0.1, 0.15) is 40.8 Å².